The van der Waals surface area contributed by atoms with Crippen LogP contribution in [0.3, 0.4) is 0 Å². The van der Waals surface area contributed by atoms with Crippen molar-refractivity contribution in [2.24, 2.45) is 5.73 Å². The number of hydrogen-bond donors (Lipinski definition) is 2. The van der Waals surface area contributed by atoms with Crippen LogP contribution < -0.4 is 10.6 Å². The van der Waals surface area contributed by atoms with E-state index in [1.807, 2.05) is 0 Å². The number of primary amides is 1. The molecule has 1 saturated heterocycles. The van der Waals surface area contributed by atoms with Crippen molar-refractivity contribution in [1.82, 2.24) is 0 Å². The van der Waals surface area contributed by atoms with Crippen molar-refractivity contribution < 1.29 is 14.7 Å². The molecular weight excluding hydrogens is 220 g/mol. The molecule has 1 heterocycles. The number of carbonyl (C=O) groups excluding carboxylic acids is 1. The van der Waals surface area contributed by atoms with Crippen LogP contribution in [0, 0.1) is 0 Å². The van der Waals surface area contributed by atoms with Crippen molar-refractivity contribution in [3.05, 3.63) is 29.8 Å². The first-order chi connectivity index (χ1) is 8.11. The predicted octanol–water partition coefficient (Wildman–Crippen LogP) is 0.839. The summed E-state index contributed by atoms with van der Waals surface area (Å²) in [4.78, 5) is 24.2. The van der Waals surface area contributed by atoms with E-state index in [-0.39, 0.29) is 0 Å². The maximum atomic E-state index is 11.3. The molecule has 1 atom stereocenters. The highest BCUT2D eigenvalue weighted by Crippen LogP contribution is 2.28. The van der Waals surface area contributed by atoms with E-state index in [0.29, 0.717) is 24.2 Å². The Morgan fingerprint density at radius 3 is 2.71 bits per heavy atom. The minimum Gasteiger partial charge on any atom is -0.480 e. The molecule has 5 heteroatoms. The van der Waals surface area contributed by atoms with Gasteiger partial charge in [0, 0.05) is 6.54 Å². The Morgan fingerprint density at radius 1 is 1.35 bits per heavy atom. The van der Waals surface area contributed by atoms with Crippen LogP contribution in [-0.2, 0) is 4.79 Å². The Balaban J connectivity index is 2.39. The molecule has 0 bridgehead atoms. The molecule has 17 heavy (non-hydrogen) atoms. The number of amides is 1. The largest absolute Gasteiger partial charge is 0.480 e. The molecule has 0 aromatic heterocycles. The van der Waals surface area contributed by atoms with Gasteiger partial charge >= 0.3 is 5.97 Å². The van der Waals surface area contributed by atoms with Gasteiger partial charge in [0.1, 0.15) is 6.04 Å². The molecule has 0 spiro atoms. The summed E-state index contributed by atoms with van der Waals surface area (Å²) >= 11 is 0. The molecule has 1 aromatic carbocycles. The van der Waals surface area contributed by atoms with E-state index in [1.165, 1.54) is 0 Å². The third kappa shape index (κ3) is 2.08. The van der Waals surface area contributed by atoms with Gasteiger partial charge in [-0.15, -0.1) is 0 Å². The fraction of sp³-hybridized carbons (Fsp3) is 0.333. The average Bonchev–Trinajstić information content (AvgIpc) is 2.77. The lowest BCUT2D eigenvalue weighted by Gasteiger charge is -2.25. The van der Waals surface area contributed by atoms with Crippen LogP contribution in [0.5, 0.6) is 0 Å². The van der Waals surface area contributed by atoms with Crippen molar-refractivity contribution in [2.45, 2.75) is 18.9 Å². The zero-order valence-corrected chi connectivity index (χ0v) is 9.30. The van der Waals surface area contributed by atoms with E-state index in [0.717, 1.165) is 6.42 Å². The summed E-state index contributed by atoms with van der Waals surface area (Å²) in [6, 6.07) is 6.29. The smallest absolute Gasteiger partial charge is 0.326 e. The second kappa shape index (κ2) is 4.45. The molecule has 1 aromatic rings. The number of nitrogens with two attached hydrogens (primary N) is 1. The normalized spacial score (nSPS) is 19.3. The van der Waals surface area contributed by atoms with Gasteiger partial charge in [-0.25, -0.2) is 4.79 Å². The fourth-order valence-electron chi connectivity index (χ4n) is 2.24. The maximum absolute atomic E-state index is 11.3. The van der Waals surface area contributed by atoms with Gasteiger partial charge < -0.3 is 15.7 Å². The zero-order valence-electron chi connectivity index (χ0n) is 9.30. The van der Waals surface area contributed by atoms with Gasteiger partial charge in [0.05, 0.1) is 11.3 Å². The Labute approximate surface area is 98.8 Å². The molecule has 1 aliphatic heterocycles. The van der Waals surface area contributed by atoms with Gasteiger partial charge in [-0.05, 0) is 25.0 Å². The van der Waals surface area contributed by atoms with Crippen molar-refractivity contribution in [2.75, 3.05) is 11.4 Å². The van der Waals surface area contributed by atoms with E-state index in [2.05, 4.69) is 0 Å². The van der Waals surface area contributed by atoms with Crippen LogP contribution in [0.15, 0.2) is 24.3 Å². The fourth-order valence-corrected chi connectivity index (χ4v) is 2.24. The number of carboxylic acids is 1. The molecule has 1 fully saturated rings. The van der Waals surface area contributed by atoms with E-state index < -0.39 is 17.9 Å². The number of rotatable bonds is 3. The van der Waals surface area contributed by atoms with Gasteiger partial charge in [-0.2, -0.15) is 0 Å². The summed E-state index contributed by atoms with van der Waals surface area (Å²) in [5.74, 6) is -1.39. The minimum absolute atomic E-state index is 0.376. The summed E-state index contributed by atoms with van der Waals surface area (Å²) in [7, 11) is 0. The second-order valence-electron chi connectivity index (χ2n) is 4.07. The number of nitrogens with zero attached hydrogens (tertiary/aromatic N) is 1. The molecule has 90 valence electrons. The standard InChI is InChI=1S/C12H14N2O3/c13-11(15)8-4-1-2-5-9(8)14-7-3-6-10(14)12(16)17/h1-2,4-5,10H,3,6-7H2,(H2,13,15)(H,16,17). The third-order valence-electron chi connectivity index (χ3n) is 3.02. The Bertz CT molecular complexity index is 459. The van der Waals surface area contributed by atoms with Crippen molar-refractivity contribution in [1.29, 1.82) is 0 Å². The molecular formula is C12H14N2O3. The highest BCUT2D eigenvalue weighted by atomic mass is 16.4. The topological polar surface area (TPSA) is 83.6 Å². The van der Waals surface area contributed by atoms with Gasteiger partial charge in [0.25, 0.3) is 5.91 Å². The maximum Gasteiger partial charge on any atom is 0.326 e. The van der Waals surface area contributed by atoms with E-state index in [1.54, 1.807) is 29.2 Å². The molecule has 0 saturated carbocycles. The summed E-state index contributed by atoms with van der Waals surface area (Å²) in [6.07, 6.45) is 1.41. The van der Waals surface area contributed by atoms with E-state index in [4.69, 9.17) is 10.8 Å². The molecule has 1 unspecified atom stereocenters. The van der Waals surface area contributed by atoms with Gasteiger partial charge in [-0.1, -0.05) is 12.1 Å². The highest BCUT2D eigenvalue weighted by molar-refractivity contribution is 5.99. The van der Waals surface area contributed by atoms with Crippen LogP contribution in [0.25, 0.3) is 0 Å². The monoisotopic (exact) mass is 234 g/mol. The van der Waals surface area contributed by atoms with Crippen LogP contribution in [0.4, 0.5) is 5.69 Å². The number of carboxylic acid groups (broad SMARTS) is 1. The van der Waals surface area contributed by atoms with Gasteiger partial charge in [0.15, 0.2) is 0 Å². The summed E-state index contributed by atoms with van der Waals surface area (Å²) < 4.78 is 0. The quantitative estimate of drug-likeness (QED) is 0.811. The summed E-state index contributed by atoms with van der Waals surface area (Å²) in [5.41, 5.74) is 6.28. The van der Waals surface area contributed by atoms with Crippen LogP contribution in [0.1, 0.15) is 23.2 Å². The minimum atomic E-state index is -0.859. The van der Waals surface area contributed by atoms with Crippen molar-refractivity contribution >= 4 is 17.6 Å². The number of aliphatic carboxylic acids is 1. The average molecular weight is 234 g/mol. The number of benzene rings is 1. The first-order valence-electron chi connectivity index (χ1n) is 5.49. The SMILES string of the molecule is NC(=O)c1ccccc1N1CCCC1C(=O)O. The lowest BCUT2D eigenvalue weighted by atomic mass is 10.1. The van der Waals surface area contributed by atoms with Crippen LogP contribution >= 0.6 is 0 Å². The first kappa shape index (κ1) is 11.4. The molecule has 5 nitrogen and oxygen atoms in total. The molecule has 1 aliphatic rings. The predicted molar refractivity (Wildman–Crippen MR) is 63.0 cm³/mol. The lowest BCUT2D eigenvalue weighted by Crippen LogP contribution is -2.37. The lowest BCUT2D eigenvalue weighted by molar-refractivity contribution is -0.138. The van der Waals surface area contributed by atoms with Crippen molar-refractivity contribution in [3.63, 3.8) is 0 Å². The van der Waals surface area contributed by atoms with Crippen molar-refractivity contribution in [3.8, 4) is 0 Å². The molecule has 0 radical (unpaired) electrons. The Kier molecular flexibility index (Phi) is 2.99. The second-order valence-corrected chi connectivity index (χ2v) is 4.07. The highest BCUT2D eigenvalue weighted by Gasteiger charge is 2.32. The van der Waals surface area contributed by atoms with Crippen LogP contribution in [-0.4, -0.2) is 29.6 Å². The number of anilines is 1. The zero-order chi connectivity index (χ0) is 12.4. The Hall–Kier alpha value is -2.04. The third-order valence-corrected chi connectivity index (χ3v) is 3.02. The number of carbonyl (C=O) groups is 2. The number of hydrogen-bond acceptors (Lipinski definition) is 3. The summed E-state index contributed by atoms with van der Waals surface area (Å²) in [6.45, 7) is 0.640. The Morgan fingerprint density at radius 2 is 2.06 bits per heavy atom. The van der Waals surface area contributed by atoms with Gasteiger partial charge in [0.2, 0.25) is 0 Å². The van der Waals surface area contributed by atoms with Gasteiger partial charge in [-0.3, -0.25) is 4.79 Å². The molecule has 3 N–H and O–H groups in total. The van der Waals surface area contributed by atoms with E-state index in [9.17, 15) is 9.59 Å². The first-order valence-corrected chi connectivity index (χ1v) is 5.49. The summed E-state index contributed by atoms with van der Waals surface area (Å²) in [5, 5.41) is 9.12. The van der Waals surface area contributed by atoms with Crippen LogP contribution in [0.2, 0.25) is 0 Å². The van der Waals surface area contributed by atoms with E-state index >= 15 is 0 Å². The molecule has 2 rings (SSSR count). The molecule has 1 amide bonds. The molecule has 0 aliphatic carbocycles. The number of para-hydroxylation sites is 1.